The van der Waals surface area contributed by atoms with Crippen molar-refractivity contribution in [3.8, 4) is 17.6 Å². The van der Waals surface area contributed by atoms with Crippen molar-refractivity contribution in [1.82, 2.24) is 4.90 Å². The normalized spacial score (nSPS) is 13.7. The number of hydrogen-bond acceptors (Lipinski definition) is 5. The maximum Gasteiger partial charge on any atom is 0.264 e. The van der Waals surface area contributed by atoms with Crippen molar-refractivity contribution >= 4 is 40.9 Å². The fraction of sp³-hybridized carbons (Fsp3) is 0.241. The van der Waals surface area contributed by atoms with Crippen LogP contribution in [0.5, 0.6) is 11.5 Å². The Hall–Kier alpha value is -3.66. The number of amides is 1. The Kier molecular flexibility index (Phi) is 8.95. The van der Waals surface area contributed by atoms with Crippen LogP contribution in [-0.2, 0) is 11.4 Å². The number of ether oxygens (including phenoxy) is 2. The third-order valence-electron chi connectivity index (χ3n) is 6.02. The molecule has 190 valence electrons. The summed E-state index contributed by atoms with van der Waals surface area (Å²) in [5.41, 5.74) is 2.68. The fourth-order valence-electron chi connectivity index (χ4n) is 4.08. The molecular formula is C29H27Cl2N3O3. The SMILES string of the molecule is CCOc1cc(/C=C(/C#N)C(=O)N2CCN(c3ccccc3)CC2)ccc1OCc1ccc(Cl)cc1Cl. The molecule has 0 aliphatic carbocycles. The molecule has 1 aliphatic heterocycles. The van der Waals surface area contributed by atoms with Gasteiger partial charge in [-0.1, -0.05) is 53.5 Å². The Morgan fingerprint density at radius 3 is 2.41 bits per heavy atom. The topological polar surface area (TPSA) is 65.8 Å². The van der Waals surface area contributed by atoms with Gasteiger partial charge in [0.05, 0.1) is 6.61 Å². The van der Waals surface area contributed by atoms with E-state index in [0.717, 1.165) is 11.3 Å². The molecule has 0 atom stereocenters. The average Bonchev–Trinajstić information content (AvgIpc) is 2.92. The Bertz CT molecular complexity index is 1310. The van der Waals surface area contributed by atoms with Crippen LogP contribution in [0.3, 0.4) is 0 Å². The van der Waals surface area contributed by atoms with E-state index in [9.17, 15) is 10.1 Å². The summed E-state index contributed by atoms with van der Waals surface area (Å²) in [6.45, 7) is 5.08. The van der Waals surface area contributed by atoms with Gasteiger partial charge in [-0.05, 0) is 55.0 Å². The number of halogens is 2. The van der Waals surface area contributed by atoms with Gasteiger partial charge in [0, 0.05) is 47.5 Å². The van der Waals surface area contributed by atoms with Crippen molar-refractivity contribution < 1.29 is 14.3 Å². The van der Waals surface area contributed by atoms with Crippen molar-refractivity contribution in [1.29, 1.82) is 5.26 Å². The highest BCUT2D eigenvalue weighted by molar-refractivity contribution is 6.35. The number of carbonyl (C=O) groups is 1. The summed E-state index contributed by atoms with van der Waals surface area (Å²) >= 11 is 12.2. The first-order valence-corrected chi connectivity index (χ1v) is 12.8. The van der Waals surface area contributed by atoms with Crippen LogP contribution in [-0.4, -0.2) is 43.6 Å². The van der Waals surface area contributed by atoms with Gasteiger partial charge in [0.1, 0.15) is 18.2 Å². The minimum absolute atomic E-state index is 0.0808. The maximum atomic E-state index is 13.1. The molecule has 0 aromatic heterocycles. The zero-order valence-corrected chi connectivity index (χ0v) is 22.0. The van der Waals surface area contributed by atoms with Crippen molar-refractivity contribution in [3.05, 3.63) is 93.5 Å². The van der Waals surface area contributed by atoms with Crippen LogP contribution in [0.4, 0.5) is 5.69 Å². The van der Waals surface area contributed by atoms with E-state index in [4.69, 9.17) is 32.7 Å². The Morgan fingerprint density at radius 2 is 1.73 bits per heavy atom. The predicted octanol–water partition coefficient (Wildman–Crippen LogP) is 6.23. The second-order valence-corrected chi connectivity index (χ2v) is 9.29. The smallest absolute Gasteiger partial charge is 0.264 e. The van der Waals surface area contributed by atoms with Crippen LogP contribution >= 0.6 is 23.2 Å². The molecule has 0 spiro atoms. The molecule has 4 rings (SSSR count). The second-order valence-electron chi connectivity index (χ2n) is 8.45. The summed E-state index contributed by atoms with van der Waals surface area (Å²) in [6, 6.07) is 22.7. The lowest BCUT2D eigenvalue weighted by Gasteiger charge is -2.36. The van der Waals surface area contributed by atoms with Gasteiger partial charge in [0.15, 0.2) is 11.5 Å². The number of para-hydroxylation sites is 1. The van der Waals surface area contributed by atoms with Gasteiger partial charge < -0.3 is 19.3 Å². The highest BCUT2D eigenvalue weighted by Gasteiger charge is 2.24. The van der Waals surface area contributed by atoms with Crippen LogP contribution < -0.4 is 14.4 Å². The van der Waals surface area contributed by atoms with Gasteiger partial charge in [-0.15, -0.1) is 0 Å². The van der Waals surface area contributed by atoms with E-state index >= 15 is 0 Å². The molecule has 0 unspecified atom stereocenters. The molecule has 6 nitrogen and oxygen atoms in total. The van der Waals surface area contributed by atoms with Gasteiger partial charge in [0.25, 0.3) is 5.91 Å². The van der Waals surface area contributed by atoms with Crippen LogP contribution in [0, 0.1) is 11.3 Å². The number of benzene rings is 3. The summed E-state index contributed by atoms with van der Waals surface area (Å²) in [6.07, 6.45) is 1.59. The van der Waals surface area contributed by atoms with Gasteiger partial charge in [0.2, 0.25) is 0 Å². The molecule has 0 N–H and O–H groups in total. The average molecular weight is 536 g/mol. The van der Waals surface area contributed by atoms with E-state index < -0.39 is 0 Å². The third kappa shape index (κ3) is 6.76. The number of carbonyl (C=O) groups excluding carboxylic acids is 1. The molecule has 1 amide bonds. The second kappa shape index (κ2) is 12.5. The Labute approximate surface area is 227 Å². The highest BCUT2D eigenvalue weighted by Crippen LogP contribution is 2.31. The number of nitriles is 1. The Morgan fingerprint density at radius 1 is 0.973 bits per heavy atom. The largest absolute Gasteiger partial charge is 0.490 e. The van der Waals surface area contributed by atoms with Crippen LogP contribution in [0.2, 0.25) is 10.0 Å². The summed E-state index contributed by atoms with van der Waals surface area (Å²) < 4.78 is 11.7. The number of piperazine rings is 1. The van der Waals surface area contributed by atoms with E-state index in [0.29, 0.717) is 59.9 Å². The third-order valence-corrected chi connectivity index (χ3v) is 6.60. The van der Waals surface area contributed by atoms with E-state index in [-0.39, 0.29) is 18.1 Å². The molecule has 1 heterocycles. The summed E-state index contributed by atoms with van der Waals surface area (Å²) in [7, 11) is 0. The molecule has 37 heavy (non-hydrogen) atoms. The quantitative estimate of drug-likeness (QED) is 0.252. The van der Waals surface area contributed by atoms with E-state index in [1.54, 1.807) is 41.3 Å². The molecule has 0 bridgehead atoms. The minimum Gasteiger partial charge on any atom is -0.490 e. The zero-order valence-electron chi connectivity index (χ0n) is 20.5. The zero-order chi connectivity index (χ0) is 26.2. The molecule has 1 aliphatic rings. The van der Waals surface area contributed by atoms with Crippen LogP contribution in [0.15, 0.2) is 72.3 Å². The van der Waals surface area contributed by atoms with Crippen molar-refractivity contribution in [3.63, 3.8) is 0 Å². The molecule has 1 fully saturated rings. The lowest BCUT2D eigenvalue weighted by molar-refractivity contribution is -0.126. The van der Waals surface area contributed by atoms with Crippen molar-refractivity contribution in [2.75, 3.05) is 37.7 Å². The molecule has 0 saturated carbocycles. The van der Waals surface area contributed by atoms with E-state index in [2.05, 4.69) is 23.1 Å². The number of anilines is 1. The fourth-order valence-corrected chi connectivity index (χ4v) is 4.54. The van der Waals surface area contributed by atoms with Crippen molar-refractivity contribution in [2.24, 2.45) is 0 Å². The standard InChI is InChI=1S/C29H27Cl2N3O3/c1-2-36-28-17-21(8-11-27(28)37-20-22-9-10-24(30)18-26(22)31)16-23(19-32)29(35)34-14-12-33(13-15-34)25-6-4-3-5-7-25/h3-11,16-18H,2,12-15,20H2,1H3/b23-16-. The number of rotatable bonds is 8. The number of hydrogen-bond donors (Lipinski definition) is 0. The maximum absolute atomic E-state index is 13.1. The first-order valence-electron chi connectivity index (χ1n) is 12.0. The van der Waals surface area contributed by atoms with Gasteiger partial charge in [-0.25, -0.2) is 0 Å². The van der Waals surface area contributed by atoms with Gasteiger partial charge >= 0.3 is 0 Å². The summed E-state index contributed by atoms with van der Waals surface area (Å²) in [5.74, 6) is 0.778. The van der Waals surface area contributed by atoms with Crippen LogP contribution in [0.25, 0.3) is 6.08 Å². The van der Waals surface area contributed by atoms with E-state index in [1.165, 1.54) is 0 Å². The van der Waals surface area contributed by atoms with Crippen molar-refractivity contribution in [2.45, 2.75) is 13.5 Å². The molecule has 0 radical (unpaired) electrons. The molecule has 3 aromatic rings. The van der Waals surface area contributed by atoms with Gasteiger partial charge in [-0.2, -0.15) is 5.26 Å². The highest BCUT2D eigenvalue weighted by atomic mass is 35.5. The number of nitrogens with zero attached hydrogens (tertiary/aromatic N) is 3. The first-order chi connectivity index (χ1) is 18.0. The lowest BCUT2D eigenvalue weighted by Crippen LogP contribution is -2.49. The lowest BCUT2D eigenvalue weighted by atomic mass is 10.1. The molecule has 3 aromatic carbocycles. The summed E-state index contributed by atoms with van der Waals surface area (Å²) in [4.78, 5) is 17.1. The molecule has 1 saturated heterocycles. The molecular weight excluding hydrogens is 509 g/mol. The Balaban J connectivity index is 1.45. The monoisotopic (exact) mass is 535 g/mol. The minimum atomic E-state index is -0.272. The van der Waals surface area contributed by atoms with Gasteiger partial charge in [-0.3, -0.25) is 4.79 Å². The predicted molar refractivity (Wildman–Crippen MR) is 147 cm³/mol. The van der Waals surface area contributed by atoms with E-state index in [1.807, 2.05) is 31.2 Å². The van der Waals surface area contributed by atoms with Crippen LogP contribution in [0.1, 0.15) is 18.1 Å². The molecule has 8 heteroatoms. The summed E-state index contributed by atoms with van der Waals surface area (Å²) in [5, 5.41) is 10.8. The first kappa shape index (κ1) is 26.4.